The minimum atomic E-state index is -1.30. The molecule has 1 saturated heterocycles. The van der Waals surface area contributed by atoms with E-state index in [0.29, 0.717) is 60.1 Å². The second kappa shape index (κ2) is 15.0. The van der Waals surface area contributed by atoms with Gasteiger partial charge < -0.3 is 29.2 Å². The highest BCUT2D eigenvalue weighted by Gasteiger charge is 2.37. The fourth-order valence-corrected chi connectivity index (χ4v) is 6.04. The Bertz CT molecular complexity index is 1810. The molecule has 50 heavy (non-hydrogen) atoms. The van der Waals surface area contributed by atoms with Crippen molar-refractivity contribution in [2.75, 3.05) is 24.6 Å². The minimum Gasteiger partial charge on any atom is -0.493 e. The Morgan fingerprint density at radius 1 is 1.04 bits per heavy atom. The Morgan fingerprint density at radius 2 is 1.70 bits per heavy atom. The molecule has 0 spiro atoms. The van der Waals surface area contributed by atoms with Crippen molar-refractivity contribution in [3.8, 4) is 16.9 Å². The molecule has 1 atom stereocenters. The molecule has 0 bridgehead atoms. The highest BCUT2D eigenvalue weighted by atomic mass is 19.1. The van der Waals surface area contributed by atoms with Gasteiger partial charge in [-0.05, 0) is 81.3 Å². The molecule has 1 amide bonds. The van der Waals surface area contributed by atoms with Gasteiger partial charge in [0.05, 0.1) is 30.1 Å². The number of hydrogen-bond donors (Lipinski definition) is 2. The van der Waals surface area contributed by atoms with Gasteiger partial charge in [0.15, 0.2) is 6.10 Å². The summed E-state index contributed by atoms with van der Waals surface area (Å²) in [6.45, 7) is 15.1. The zero-order chi connectivity index (χ0) is 36.2. The lowest BCUT2D eigenvalue weighted by Gasteiger charge is -2.41. The van der Waals surface area contributed by atoms with Crippen LogP contribution in [0.1, 0.15) is 92.7 Å². The van der Waals surface area contributed by atoms with Crippen molar-refractivity contribution in [1.29, 1.82) is 0 Å². The van der Waals surface area contributed by atoms with Crippen LogP contribution in [0.3, 0.4) is 0 Å². The molecule has 3 heterocycles. The van der Waals surface area contributed by atoms with E-state index in [9.17, 15) is 19.1 Å². The van der Waals surface area contributed by atoms with Crippen LogP contribution in [0.5, 0.6) is 5.75 Å². The predicted octanol–water partition coefficient (Wildman–Crippen LogP) is 7.01. The zero-order valence-electron chi connectivity index (χ0n) is 29.8. The van der Waals surface area contributed by atoms with Gasteiger partial charge in [-0.25, -0.2) is 9.18 Å². The van der Waals surface area contributed by atoms with Gasteiger partial charge >= 0.3 is 17.8 Å². The highest BCUT2D eigenvalue weighted by molar-refractivity contribution is 5.91. The summed E-state index contributed by atoms with van der Waals surface area (Å²) in [6, 6.07) is 13.9. The Kier molecular flexibility index (Phi) is 10.9. The van der Waals surface area contributed by atoms with Gasteiger partial charge in [-0.2, -0.15) is 0 Å². The second-order valence-electron chi connectivity index (χ2n) is 14.4. The number of halogens is 1. The van der Waals surface area contributed by atoms with Crippen molar-refractivity contribution < 1.29 is 33.0 Å². The monoisotopic (exact) mass is 687 g/mol. The van der Waals surface area contributed by atoms with Crippen LogP contribution in [0.15, 0.2) is 52.9 Å². The number of nitrogens with zero attached hydrogens (tertiary/aromatic N) is 4. The predicted molar refractivity (Wildman–Crippen MR) is 187 cm³/mol. The number of ether oxygens (including phenoxy) is 2. The van der Waals surface area contributed by atoms with Gasteiger partial charge in [0.1, 0.15) is 11.6 Å². The first-order chi connectivity index (χ1) is 23.6. The average Bonchev–Trinajstić information content (AvgIpc) is 3.49. The van der Waals surface area contributed by atoms with Crippen molar-refractivity contribution >= 4 is 17.6 Å². The third kappa shape index (κ3) is 9.03. The number of anilines is 1. The van der Waals surface area contributed by atoms with E-state index in [4.69, 9.17) is 18.9 Å². The average molecular weight is 688 g/mol. The van der Waals surface area contributed by atoms with E-state index in [1.807, 2.05) is 45.0 Å². The van der Waals surface area contributed by atoms with Crippen LogP contribution in [0.25, 0.3) is 11.1 Å². The third-order valence-electron chi connectivity index (χ3n) is 8.72. The summed E-state index contributed by atoms with van der Waals surface area (Å²) in [5, 5.41) is 21.0. The number of aryl methyl sites for hydroxylation is 2. The number of nitrogens with one attached hydrogen (secondary N) is 1. The number of piperidine rings is 1. The van der Waals surface area contributed by atoms with Crippen molar-refractivity contribution in [1.82, 2.24) is 20.5 Å². The summed E-state index contributed by atoms with van der Waals surface area (Å²) in [5.41, 5.74) is 4.00. The first-order valence-corrected chi connectivity index (χ1v) is 16.9. The number of benzene rings is 2. The molecule has 5 rings (SSSR count). The van der Waals surface area contributed by atoms with Crippen molar-refractivity contribution in [3.63, 3.8) is 0 Å². The van der Waals surface area contributed by atoms with E-state index in [2.05, 4.69) is 34.3 Å². The van der Waals surface area contributed by atoms with Crippen molar-refractivity contribution in [2.45, 2.75) is 86.0 Å². The molecular weight excluding hydrogens is 641 g/mol. The molecule has 4 aromatic rings. The molecule has 266 valence electrons. The third-order valence-corrected chi connectivity index (χ3v) is 8.72. The first kappa shape index (κ1) is 36.4. The molecule has 1 fully saturated rings. The normalized spacial score (nSPS) is 15.1. The van der Waals surface area contributed by atoms with Gasteiger partial charge in [0.2, 0.25) is 5.89 Å². The molecular formula is C38H46FN5O6. The number of rotatable bonds is 12. The van der Waals surface area contributed by atoms with Crippen molar-refractivity contribution in [3.05, 3.63) is 88.6 Å². The van der Waals surface area contributed by atoms with Crippen LogP contribution < -0.4 is 15.0 Å². The number of pyridine rings is 1. The summed E-state index contributed by atoms with van der Waals surface area (Å²) in [5.74, 6) is -1.21. The summed E-state index contributed by atoms with van der Waals surface area (Å²) < 4.78 is 30.9. The van der Waals surface area contributed by atoms with E-state index >= 15 is 0 Å². The number of carbonyl (C=O) groups excluding carboxylic acids is 1. The molecule has 1 aliphatic heterocycles. The van der Waals surface area contributed by atoms with E-state index in [1.54, 1.807) is 26.0 Å². The number of aromatic nitrogens is 3. The van der Waals surface area contributed by atoms with Gasteiger partial charge in [-0.15, -0.1) is 10.2 Å². The molecule has 12 heteroatoms. The van der Waals surface area contributed by atoms with Crippen LogP contribution >= 0.6 is 0 Å². The number of carboxylic acids is 1. The summed E-state index contributed by atoms with van der Waals surface area (Å²) in [7, 11) is 0. The topological polar surface area (TPSA) is 140 Å². The van der Waals surface area contributed by atoms with Gasteiger partial charge in [-0.3, -0.25) is 9.78 Å². The lowest BCUT2D eigenvalue weighted by Crippen LogP contribution is -2.39. The van der Waals surface area contributed by atoms with Gasteiger partial charge in [0, 0.05) is 43.3 Å². The molecule has 2 aromatic heterocycles. The maximum Gasteiger partial charge on any atom is 0.337 e. The van der Waals surface area contributed by atoms with E-state index in [1.165, 1.54) is 12.1 Å². The molecule has 1 aliphatic rings. The fourth-order valence-electron chi connectivity index (χ4n) is 6.04. The molecule has 11 nitrogen and oxygen atoms in total. The number of aliphatic carboxylic acids is 1. The lowest BCUT2D eigenvalue weighted by molar-refractivity contribution is -0.160. The first-order valence-electron chi connectivity index (χ1n) is 16.9. The van der Waals surface area contributed by atoms with Crippen molar-refractivity contribution in [2.24, 2.45) is 5.41 Å². The minimum absolute atomic E-state index is 0.0107. The summed E-state index contributed by atoms with van der Waals surface area (Å²) in [4.78, 5) is 33.1. The molecule has 2 aromatic carbocycles. The lowest BCUT2D eigenvalue weighted by atomic mass is 9.81. The Hall–Kier alpha value is -4.84. The quantitative estimate of drug-likeness (QED) is 0.160. The molecule has 2 N–H and O–H groups in total. The van der Waals surface area contributed by atoms with Crippen LogP contribution in [0.2, 0.25) is 0 Å². The molecule has 0 aliphatic carbocycles. The number of carbonyl (C=O) groups is 2. The maximum atomic E-state index is 13.3. The van der Waals surface area contributed by atoms with Gasteiger partial charge in [-0.1, -0.05) is 38.1 Å². The summed E-state index contributed by atoms with van der Waals surface area (Å²) in [6.07, 6.45) is 1.10. The van der Waals surface area contributed by atoms with Gasteiger partial charge in [0.25, 0.3) is 0 Å². The van der Waals surface area contributed by atoms with Crippen LogP contribution in [0.4, 0.5) is 10.1 Å². The molecule has 0 saturated carbocycles. The Balaban J connectivity index is 1.59. The van der Waals surface area contributed by atoms with E-state index in [-0.39, 0.29) is 29.6 Å². The summed E-state index contributed by atoms with van der Waals surface area (Å²) >= 11 is 0. The van der Waals surface area contributed by atoms with Crippen LogP contribution in [0, 0.1) is 25.1 Å². The number of amides is 1. The molecule has 0 radical (unpaired) electrons. The van der Waals surface area contributed by atoms with E-state index < -0.39 is 23.6 Å². The second-order valence-corrected chi connectivity index (χ2v) is 14.4. The smallest absolute Gasteiger partial charge is 0.337 e. The zero-order valence-corrected chi connectivity index (χ0v) is 29.8. The Labute approximate surface area is 292 Å². The standard InChI is InChI=1S/C38H46FN5O6/c1-23-30(33(36(46)47)50-37(3,4)5)32(44-19-17-38(6,7)18-20-44)31(29(41-23)22-40-34(45)35-43-42-24(2)49-35)26-10-14-28(15-11-26)48-21-16-25-8-12-27(39)13-9-25/h8-15,33H,16-22H2,1-7H3,(H,40,45)(H,46,47). The van der Waals surface area contributed by atoms with Crippen LogP contribution in [-0.2, 0) is 22.5 Å². The highest BCUT2D eigenvalue weighted by Crippen LogP contribution is 2.45. The SMILES string of the molecule is Cc1nnc(C(=O)NCc2nc(C)c(C(OC(C)(C)C)C(=O)O)c(N3CCC(C)(C)CC3)c2-c2ccc(OCCc3ccc(F)cc3)cc2)o1. The fraction of sp³-hybridized carbons (Fsp3) is 0.447. The van der Waals surface area contributed by atoms with Crippen LogP contribution in [-0.4, -0.2) is 57.5 Å². The largest absolute Gasteiger partial charge is 0.493 e. The number of hydrogen-bond acceptors (Lipinski definition) is 9. The van der Waals surface area contributed by atoms with E-state index in [0.717, 1.165) is 24.0 Å². The Morgan fingerprint density at radius 3 is 2.28 bits per heavy atom. The number of carboxylic acid groups (broad SMARTS) is 1. The maximum absolute atomic E-state index is 13.3. The molecule has 1 unspecified atom stereocenters.